The molecule has 1 aromatic carbocycles. The second kappa shape index (κ2) is 6.37. The SMILES string of the molecule is CN(c1ncnc2[nH]ccc12)C1CC2CN(C(=O)c3ccccc3)CC2C1. The molecule has 1 aliphatic carbocycles. The molecular weight excluding hydrogens is 338 g/mol. The standard InChI is InChI=1S/C21H23N5O/c1-25(20-18-7-8-22-19(18)23-13-24-20)17-9-15-11-26(12-16(15)10-17)21(27)14-5-3-2-4-6-14/h2-8,13,15-17H,9-12H2,1H3,(H,22,23,24). The second-order valence-electron chi connectivity index (χ2n) is 7.77. The Bertz CT molecular complexity index is 955. The minimum absolute atomic E-state index is 0.166. The molecule has 6 nitrogen and oxygen atoms in total. The Hall–Kier alpha value is -2.89. The minimum Gasteiger partial charge on any atom is -0.356 e. The predicted molar refractivity (Wildman–Crippen MR) is 105 cm³/mol. The molecule has 1 N–H and O–H groups in total. The number of hydrogen-bond donors (Lipinski definition) is 1. The summed E-state index contributed by atoms with van der Waals surface area (Å²) < 4.78 is 0. The van der Waals surface area contributed by atoms with E-state index >= 15 is 0 Å². The maximum absolute atomic E-state index is 12.7. The van der Waals surface area contributed by atoms with Crippen molar-refractivity contribution in [3.8, 4) is 0 Å². The monoisotopic (exact) mass is 361 g/mol. The van der Waals surface area contributed by atoms with Crippen molar-refractivity contribution in [2.24, 2.45) is 11.8 Å². The molecule has 2 aromatic heterocycles. The molecule has 138 valence electrons. The lowest BCUT2D eigenvalue weighted by Gasteiger charge is -2.28. The molecule has 2 atom stereocenters. The van der Waals surface area contributed by atoms with E-state index < -0.39 is 0 Å². The number of carbonyl (C=O) groups excluding carboxylic acids is 1. The summed E-state index contributed by atoms with van der Waals surface area (Å²) in [5.74, 6) is 2.31. The quantitative estimate of drug-likeness (QED) is 0.779. The Labute approximate surface area is 158 Å². The fourth-order valence-corrected chi connectivity index (χ4v) is 4.83. The molecule has 27 heavy (non-hydrogen) atoms. The van der Waals surface area contributed by atoms with Crippen LogP contribution in [0.2, 0.25) is 0 Å². The fourth-order valence-electron chi connectivity index (χ4n) is 4.83. The van der Waals surface area contributed by atoms with Crippen molar-refractivity contribution in [1.82, 2.24) is 19.9 Å². The van der Waals surface area contributed by atoms with Crippen molar-refractivity contribution in [3.63, 3.8) is 0 Å². The lowest BCUT2D eigenvalue weighted by atomic mass is 10.0. The number of aromatic amines is 1. The van der Waals surface area contributed by atoms with Crippen LogP contribution < -0.4 is 4.90 Å². The predicted octanol–water partition coefficient (Wildman–Crippen LogP) is 2.94. The van der Waals surface area contributed by atoms with E-state index in [1.165, 1.54) is 0 Å². The number of fused-ring (bicyclic) bond motifs is 2. The van der Waals surface area contributed by atoms with Crippen LogP contribution >= 0.6 is 0 Å². The number of likely N-dealkylation sites (tertiary alicyclic amines) is 1. The summed E-state index contributed by atoms with van der Waals surface area (Å²) in [6, 6.07) is 12.1. The first-order chi connectivity index (χ1) is 13.2. The molecule has 6 heteroatoms. The summed E-state index contributed by atoms with van der Waals surface area (Å²) in [6.45, 7) is 1.73. The van der Waals surface area contributed by atoms with Crippen molar-refractivity contribution < 1.29 is 4.79 Å². The Kier molecular flexibility index (Phi) is 3.85. The number of anilines is 1. The van der Waals surface area contributed by atoms with Gasteiger partial charge < -0.3 is 14.8 Å². The highest BCUT2D eigenvalue weighted by Crippen LogP contribution is 2.41. The van der Waals surface area contributed by atoms with Gasteiger partial charge in [0.05, 0.1) is 5.39 Å². The van der Waals surface area contributed by atoms with Gasteiger partial charge in [0.1, 0.15) is 17.8 Å². The third-order valence-electron chi connectivity index (χ3n) is 6.25. The van der Waals surface area contributed by atoms with E-state index in [1.54, 1.807) is 6.33 Å². The first kappa shape index (κ1) is 16.3. The summed E-state index contributed by atoms with van der Waals surface area (Å²) in [5.41, 5.74) is 1.67. The molecule has 0 spiro atoms. The molecule has 0 radical (unpaired) electrons. The van der Waals surface area contributed by atoms with E-state index in [2.05, 4.69) is 26.9 Å². The van der Waals surface area contributed by atoms with Gasteiger partial charge in [-0.2, -0.15) is 0 Å². The van der Waals surface area contributed by atoms with Gasteiger partial charge >= 0.3 is 0 Å². The molecule has 5 rings (SSSR count). The zero-order valence-electron chi connectivity index (χ0n) is 15.4. The van der Waals surface area contributed by atoms with Gasteiger partial charge in [-0.25, -0.2) is 9.97 Å². The Balaban J connectivity index is 1.28. The van der Waals surface area contributed by atoms with E-state index in [0.717, 1.165) is 48.3 Å². The molecule has 1 saturated heterocycles. The van der Waals surface area contributed by atoms with E-state index in [-0.39, 0.29) is 5.91 Å². The largest absolute Gasteiger partial charge is 0.356 e. The fraction of sp³-hybridized carbons (Fsp3) is 0.381. The van der Waals surface area contributed by atoms with Crippen LogP contribution in [0.1, 0.15) is 23.2 Å². The molecule has 1 aliphatic heterocycles. The van der Waals surface area contributed by atoms with Crippen molar-refractivity contribution in [3.05, 3.63) is 54.5 Å². The molecule has 2 aliphatic rings. The maximum atomic E-state index is 12.7. The topological polar surface area (TPSA) is 65.1 Å². The normalized spacial score (nSPS) is 24.3. The lowest BCUT2D eigenvalue weighted by molar-refractivity contribution is 0.0779. The van der Waals surface area contributed by atoms with E-state index in [9.17, 15) is 4.79 Å². The summed E-state index contributed by atoms with van der Waals surface area (Å²) in [7, 11) is 2.13. The van der Waals surface area contributed by atoms with Crippen LogP contribution in [-0.2, 0) is 0 Å². The summed E-state index contributed by atoms with van der Waals surface area (Å²) in [6.07, 6.45) is 5.75. The van der Waals surface area contributed by atoms with Gasteiger partial charge in [-0.15, -0.1) is 0 Å². The number of benzene rings is 1. The lowest BCUT2D eigenvalue weighted by Crippen LogP contribution is -2.34. The van der Waals surface area contributed by atoms with Gasteiger partial charge in [0.15, 0.2) is 0 Å². The molecule has 1 amide bonds. The highest BCUT2D eigenvalue weighted by Gasteiger charge is 2.43. The molecular formula is C21H23N5O. The van der Waals surface area contributed by atoms with E-state index in [4.69, 9.17) is 0 Å². The van der Waals surface area contributed by atoms with Gasteiger partial charge in [-0.05, 0) is 42.9 Å². The van der Waals surface area contributed by atoms with Gasteiger partial charge in [0, 0.05) is 37.9 Å². The average molecular weight is 361 g/mol. The molecule has 2 fully saturated rings. The second-order valence-corrected chi connectivity index (χ2v) is 7.77. The first-order valence-corrected chi connectivity index (χ1v) is 9.56. The maximum Gasteiger partial charge on any atom is 0.253 e. The average Bonchev–Trinajstić information content (AvgIpc) is 3.41. The van der Waals surface area contributed by atoms with Gasteiger partial charge in [-0.1, -0.05) is 18.2 Å². The van der Waals surface area contributed by atoms with Gasteiger partial charge in [-0.3, -0.25) is 4.79 Å². The number of H-pyrrole nitrogens is 1. The molecule has 1 saturated carbocycles. The van der Waals surface area contributed by atoms with E-state index in [1.807, 2.05) is 47.5 Å². The molecule has 2 unspecified atom stereocenters. The Morgan fingerprint density at radius 3 is 2.59 bits per heavy atom. The number of nitrogens with zero attached hydrogens (tertiary/aromatic N) is 4. The summed E-state index contributed by atoms with van der Waals surface area (Å²) in [5, 5.41) is 1.07. The van der Waals surface area contributed by atoms with Crippen molar-refractivity contribution in [2.75, 3.05) is 25.0 Å². The third-order valence-corrected chi connectivity index (χ3v) is 6.25. The number of nitrogens with one attached hydrogen (secondary N) is 1. The zero-order valence-corrected chi connectivity index (χ0v) is 15.4. The molecule has 0 bridgehead atoms. The Morgan fingerprint density at radius 2 is 1.85 bits per heavy atom. The van der Waals surface area contributed by atoms with Gasteiger partial charge in [0.25, 0.3) is 5.91 Å². The van der Waals surface area contributed by atoms with Crippen LogP contribution in [0.25, 0.3) is 11.0 Å². The molecule has 3 aromatic rings. The van der Waals surface area contributed by atoms with Crippen LogP contribution in [0.3, 0.4) is 0 Å². The number of aromatic nitrogens is 3. The molecule has 3 heterocycles. The van der Waals surface area contributed by atoms with Crippen LogP contribution in [-0.4, -0.2) is 51.9 Å². The van der Waals surface area contributed by atoms with Gasteiger partial charge in [0.2, 0.25) is 0 Å². The third kappa shape index (κ3) is 2.76. The number of carbonyl (C=O) groups is 1. The summed E-state index contributed by atoms with van der Waals surface area (Å²) in [4.78, 5) is 29.0. The van der Waals surface area contributed by atoms with Crippen molar-refractivity contribution in [1.29, 1.82) is 0 Å². The minimum atomic E-state index is 0.166. The zero-order chi connectivity index (χ0) is 18.4. The number of rotatable bonds is 3. The van der Waals surface area contributed by atoms with Crippen LogP contribution in [0.4, 0.5) is 5.82 Å². The highest BCUT2D eigenvalue weighted by atomic mass is 16.2. The number of amides is 1. The van der Waals surface area contributed by atoms with Crippen molar-refractivity contribution >= 4 is 22.8 Å². The number of hydrogen-bond acceptors (Lipinski definition) is 4. The van der Waals surface area contributed by atoms with E-state index in [0.29, 0.717) is 17.9 Å². The summed E-state index contributed by atoms with van der Waals surface area (Å²) >= 11 is 0. The smallest absolute Gasteiger partial charge is 0.253 e. The van der Waals surface area contributed by atoms with Crippen LogP contribution in [0.15, 0.2) is 48.9 Å². The Morgan fingerprint density at radius 1 is 1.11 bits per heavy atom. The van der Waals surface area contributed by atoms with Crippen LogP contribution in [0.5, 0.6) is 0 Å². The highest BCUT2D eigenvalue weighted by molar-refractivity contribution is 5.94. The van der Waals surface area contributed by atoms with Crippen molar-refractivity contribution in [2.45, 2.75) is 18.9 Å². The first-order valence-electron chi connectivity index (χ1n) is 9.56. The van der Waals surface area contributed by atoms with Crippen LogP contribution in [0, 0.1) is 11.8 Å².